The number of hydrogen-bond donors (Lipinski definition) is 1. The van der Waals surface area contributed by atoms with E-state index >= 15 is 0 Å². The number of aliphatic hydroxyl groups is 1. The second-order valence-corrected chi connectivity index (χ2v) is 7.85. The molecule has 0 radical (unpaired) electrons. The van der Waals surface area contributed by atoms with Crippen LogP contribution in [0.2, 0.25) is 0 Å². The second kappa shape index (κ2) is 9.00. The number of imide groups is 1. The molecule has 2 amide bonds. The molecule has 2 aromatic carbocycles. The van der Waals surface area contributed by atoms with Gasteiger partial charge in [-0.1, -0.05) is 12.1 Å². The van der Waals surface area contributed by atoms with E-state index in [-0.39, 0.29) is 29.5 Å². The monoisotopic (exact) mass is 440 g/mol. The van der Waals surface area contributed by atoms with Gasteiger partial charge in [0.15, 0.2) is 0 Å². The van der Waals surface area contributed by atoms with Crippen LogP contribution < -0.4 is 14.4 Å². The lowest BCUT2D eigenvalue weighted by molar-refractivity contribution is -0.120. The molecule has 0 aromatic heterocycles. The van der Waals surface area contributed by atoms with Crippen molar-refractivity contribution in [3.63, 3.8) is 0 Å². The van der Waals surface area contributed by atoms with Crippen LogP contribution in [0, 0.1) is 11.7 Å². The van der Waals surface area contributed by atoms with Crippen molar-refractivity contribution in [2.45, 2.75) is 12.8 Å². The topological polar surface area (TPSA) is 79.3 Å². The summed E-state index contributed by atoms with van der Waals surface area (Å²) in [4.78, 5) is 30.3. The van der Waals surface area contributed by atoms with E-state index in [0.29, 0.717) is 30.2 Å². The summed E-state index contributed by atoms with van der Waals surface area (Å²) >= 11 is 0. The first-order chi connectivity index (χ1) is 15.5. The molecule has 2 aliphatic rings. The Kier molecular flexibility index (Phi) is 6.14. The molecular formula is C24H25FN2O5. The number of carbonyl (C=O) groups is 2. The number of nitrogens with zero attached hydrogens (tertiary/aromatic N) is 2. The highest BCUT2D eigenvalue weighted by atomic mass is 19.1. The van der Waals surface area contributed by atoms with Crippen molar-refractivity contribution < 1.29 is 28.6 Å². The maximum atomic E-state index is 13.7. The van der Waals surface area contributed by atoms with Gasteiger partial charge < -0.3 is 19.5 Å². The Morgan fingerprint density at radius 1 is 1.06 bits per heavy atom. The number of ether oxygens (including phenoxy) is 2. The first-order valence-corrected chi connectivity index (χ1v) is 10.4. The quantitative estimate of drug-likeness (QED) is 0.696. The normalized spacial score (nSPS) is 19.1. The Bertz CT molecular complexity index is 1070. The highest BCUT2D eigenvalue weighted by Gasteiger charge is 2.44. The molecule has 1 atom stereocenters. The van der Waals surface area contributed by atoms with Gasteiger partial charge in [0.05, 0.1) is 25.5 Å². The molecular weight excluding hydrogens is 415 g/mol. The van der Waals surface area contributed by atoms with E-state index in [1.807, 2.05) is 4.90 Å². The molecule has 1 fully saturated rings. The molecule has 168 valence electrons. The van der Waals surface area contributed by atoms with Crippen molar-refractivity contribution in [1.82, 2.24) is 4.90 Å². The number of halogens is 1. The Hall–Kier alpha value is -3.39. The minimum absolute atomic E-state index is 0.00518. The largest absolute Gasteiger partial charge is 0.497 e. The van der Waals surface area contributed by atoms with Gasteiger partial charge in [0.25, 0.3) is 11.8 Å². The van der Waals surface area contributed by atoms with Crippen molar-refractivity contribution in [3.05, 3.63) is 59.5 Å². The predicted octanol–water partition coefficient (Wildman–Crippen LogP) is 2.83. The summed E-state index contributed by atoms with van der Waals surface area (Å²) in [5, 5.41) is 9.66. The fourth-order valence-electron chi connectivity index (χ4n) is 4.30. The molecule has 2 aromatic rings. The average Bonchev–Trinajstić information content (AvgIpc) is 3.08. The summed E-state index contributed by atoms with van der Waals surface area (Å²) in [6, 6.07) is 10.4. The predicted molar refractivity (Wildman–Crippen MR) is 117 cm³/mol. The highest BCUT2D eigenvalue weighted by Crippen LogP contribution is 2.41. The van der Waals surface area contributed by atoms with E-state index in [9.17, 15) is 19.1 Å². The van der Waals surface area contributed by atoms with Crippen LogP contribution in [0.4, 0.5) is 10.1 Å². The Balaban J connectivity index is 1.84. The maximum Gasteiger partial charge on any atom is 0.282 e. The van der Waals surface area contributed by atoms with Gasteiger partial charge in [0, 0.05) is 25.8 Å². The number of hydrogen-bond acceptors (Lipinski definition) is 6. The van der Waals surface area contributed by atoms with Crippen LogP contribution in [-0.4, -0.2) is 55.7 Å². The van der Waals surface area contributed by atoms with Gasteiger partial charge in [0.1, 0.15) is 23.0 Å². The van der Waals surface area contributed by atoms with Crippen LogP contribution >= 0.6 is 0 Å². The number of rotatable bonds is 6. The molecule has 7 nitrogen and oxygen atoms in total. The summed E-state index contributed by atoms with van der Waals surface area (Å²) in [5.74, 6) is -0.615. The van der Waals surface area contributed by atoms with Crippen molar-refractivity contribution in [2.24, 2.45) is 5.92 Å². The summed E-state index contributed by atoms with van der Waals surface area (Å²) in [6.45, 7) is 1.04. The number of anilines is 1. The number of amides is 2. The highest BCUT2D eigenvalue weighted by molar-refractivity contribution is 6.45. The minimum Gasteiger partial charge on any atom is -0.497 e. The molecule has 32 heavy (non-hydrogen) atoms. The number of carbonyl (C=O) groups excluding carboxylic acids is 2. The van der Waals surface area contributed by atoms with Crippen LogP contribution in [0.3, 0.4) is 0 Å². The lowest BCUT2D eigenvalue weighted by Crippen LogP contribution is -2.40. The molecule has 1 unspecified atom stereocenters. The van der Waals surface area contributed by atoms with Crippen LogP contribution in [-0.2, 0) is 9.59 Å². The first kappa shape index (κ1) is 21.8. The van der Waals surface area contributed by atoms with E-state index < -0.39 is 17.6 Å². The SMILES string of the molecule is COc1ccc(OC)c(N2C(=O)C(c3ccc(F)cc3)=C(N3CCCC(CO)C3)C2=O)c1. The molecule has 2 aliphatic heterocycles. The summed E-state index contributed by atoms with van der Waals surface area (Å²) in [5.41, 5.74) is 1.19. The van der Waals surface area contributed by atoms with E-state index in [1.165, 1.54) is 38.5 Å². The van der Waals surface area contributed by atoms with E-state index in [1.54, 1.807) is 18.2 Å². The third-order valence-electron chi connectivity index (χ3n) is 5.91. The standard InChI is InChI=1S/C24H25FN2O5/c1-31-18-9-10-20(32-2)19(12-18)27-23(29)21(16-5-7-17(25)8-6-16)22(24(27)30)26-11-3-4-15(13-26)14-28/h5-10,12,15,28H,3-4,11,13-14H2,1-2H3. The Morgan fingerprint density at radius 2 is 1.81 bits per heavy atom. The van der Waals surface area contributed by atoms with Gasteiger partial charge in [-0.3, -0.25) is 9.59 Å². The maximum absolute atomic E-state index is 13.7. The lowest BCUT2D eigenvalue weighted by atomic mass is 9.97. The zero-order valence-electron chi connectivity index (χ0n) is 18.0. The molecule has 0 saturated carbocycles. The van der Waals surface area contributed by atoms with Crippen molar-refractivity contribution in [2.75, 3.05) is 38.8 Å². The third kappa shape index (κ3) is 3.82. The van der Waals surface area contributed by atoms with E-state index in [0.717, 1.165) is 17.7 Å². The van der Waals surface area contributed by atoms with Crippen LogP contribution in [0.1, 0.15) is 18.4 Å². The number of likely N-dealkylation sites (tertiary alicyclic amines) is 1. The second-order valence-electron chi connectivity index (χ2n) is 7.85. The molecule has 0 bridgehead atoms. The van der Waals surface area contributed by atoms with Crippen molar-refractivity contribution in [1.29, 1.82) is 0 Å². The fourth-order valence-corrected chi connectivity index (χ4v) is 4.30. The van der Waals surface area contributed by atoms with E-state index in [2.05, 4.69) is 0 Å². The number of methoxy groups -OCH3 is 2. The van der Waals surface area contributed by atoms with Crippen LogP contribution in [0.25, 0.3) is 5.57 Å². The van der Waals surface area contributed by atoms with Gasteiger partial charge >= 0.3 is 0 Å². The Morgan fingerprint density at radius 3 is 2.47 bits per heavy atom. The zero-order valence-corrected chi connectivity index (χ0v) is 18.0. The molecule has 0 spiro atoms. The zero-order chi connectivity index (χ0) is 22.8. The number of piperidine rings is 1. The minimum atomic E-state index is -0.519. The lowest BCUT2D eigenvalue weighted by Gasteiger charge is -2.34. The van der Waals surface area contributed by atoms with Gasteiger partial charge in [-0.25, -0.2) is 9.29 Å². The van der Waals surface area contributed by atoms with Crippen molar-refractivity contribution >= 4 is 23.1 Å². The first-order valence-electron chi connectivity index (χ1n) is 10.4. The van der Waals surface area contributed by atoms with Crippen LogP contribution in [0.15, 0.2) is 48.2 Å². The van der Waals surface area contributed by atoms with E-state index in [4.69, 9.17) is 9.47 Å². The summed E-state index contributed by atoms with van der Waals surface area (Å²) in [7, 11) is 2.96. The Labute approximate surface area is 185 Å². The van der Waals surface area contributed by atoms with Crippen molar-refractivity contribution in [3.8, 4) is 11.5 Å². The number of benzene rings is 2. The van der Waals surface area contributed by atoms with Crippen LogP contribution in [0.5, 0.6) is 11.5 Å². The third-order valence-corrected chi connectivity index (χ3v) is 5.91. The molecule has 0 aliphatic carbocycles. The summed E-state index contributed by atoms with van der Waals surface area (Å²) < 4.78 is 24.3. The molecule has 1 saturated heterocycles. The van der Waals surface area contributed by atoms with Gasteiger partial charge in [0.2, 0.25) is 0 Å². The molecule has 1 N–H and O–H groups in total. The summed E-state index contributed by atoms with van der Waals surface area (Å²) in [6.07, 6.45) is 1.64. The van der Waals surface area contributed by atoms with Gasteiger partial charge in [-0.2, -0.15) is 0 Å². The average molecular weight is 440 g/mol. The number of aliphatic hydroxyl groups excluding tert-OH is 1. The molecule has 8 heteroatoms. The molecule has 2 heterocycles. The fraction of sp³-hybridized carbons (Fsp3) is 0.333. The smallest absolute Gasteiger partial charge is 0.282 e. The molecule has 4 rings (SSSR count). The van der Waals surface area contributed by atoms with Gasteiger partial charge in [-0.05, 0) is 48.6 Å². The van der Waals surface area contributed by atoms with Gasteiger partial charge in [-0.15, -0.1) is 0 Å².